The fourth-order valence-corrected chi connectivity index (χ4v) is 4.49. The molecule has 0 saturated carbocycles. The average Bonchev–Trinajstić information content (AvgIpc) is 2.46. The third-order valence-electron chi connectivity index (χ3n) is 4.40. The molecule has 0 spiro atoms. The molecule has 0 bridgehead atoms. The van der Waals surface area contributed by atoms with Crippen molar-refractivity contribution in [1.82, 2.24) is 10.2 Å². The molecule has 2 atom stereocenters. The van der Waals surface area contributed by atoms with Crippen molar-refractivity contribution in [1.29, 1.82) is 0 Å². The van der Waals surface area contributed by atoms with Crippen LogP contribution in [-0.4, -0.2) is 37.3 Å². The number of benzene rings is 1. The van der Waals surface area contributed by atoms with E-state index in [2.05, 4.69) is 23.3 Å². The van der Waals surface area contributed by atoms with Crippen molar-refractivity contribution < 1.29 is 4.39 Å². The van der Waals surface area contributed by atoms with Crippen molar-refractivity contribution in [3.63, 3.8) is 0 Å². The highest BCUT2D eigenvalue weighted by molar-refractivity contribution is 7.99. The number of nitrogens with zero attached hydrogens (tertiary/aromatic N) is 1. The van der Waals surface area contributed by atoms with Gasteiger partial charge in [0.15, 0.2) is 0 Å². The van der Waals surface area contributed by atoms with Crippen LogP contribution in [0.3, 0.4) is 0 Å². The smallest absolute Gasteiger partial charge is 0.137 e. The van der Waals surface area contributed by atoms with E-state index in [1.54, 1.807) is 17.8 Å². The SMILES string of the molecule is CN1CCCC(CNC2CCSc3c(F)cccc32)C1. The van der Waals surface area contributed by atoms with Gasteiger partial charge in [0.25, 0.3) is 0 Å². The summed E-state index contributed by atoms with van der Waals surface area (Å²) in [5, 5.41) is 3.69. The highest BCUT2D eigenvalue weighted by Gasteiger charge is 2.24. The second-order valence-corrected chi connectivity index (χ2v) is 7.13. The Balaban J connectivity index is 1.63. The summed E-state index contributed by atoms with van der Waals surface area (Å²) in [6.45, 7) is 3.46. The van der Waals surface area contributed by atoms with Crippen LogP contribution in [0, 0.1) is 11.7 Å². The third-order valence-corrected chi connectivity index (χ3v) is 5.56. The first-order chi connectivity index (χ1) is 9.74. The second kappa shape index (κ2) is 6.46. The topological polar surface area (TPSA) is 15.3 Å². The van der Waals surface area contributed by atoms with Gasteiger partial charge in [-0.1, -0.05) is 12.1 Å². The van der Waals surface area contributed by atoms with Gasteiger partial charge in [-0.05, 0) is 62.7 Å². The molecule has 2 nitrogen and oxygen atoms in total. The van der Waals surface area contributed by atoms with E-state index in [0.717, 1.165) is 35.1 Å². The molecule has 0 amide bonds. The van der Waals surface area contributed by atoms with E-state index >= 15 is 0 Å². The van der Waals surface area contributed by atoms with Crippen molar-refractivity contribution in [2.45, 2.75) is 30.2 Å². The van der Waals surface area contributed by atoms with Crippen molar-refractivity contribution in [3.05, 3.63) is 29.6 Å². The standard InChI is InChI=1S/C16H23FN2S/c1-19-8-3-4-12(11-19)10-18-15-7-9-20-16-13(15)5-2-6-14(16)17/h2,5-6,12,15,18H,3-4,7-11H2,1H3. The maximum atomic E-state index is 13.8. The normalized spacial score (nSPS) is 27.3. The summed E-state index contributed by atoms with van der Waals surface area (Å²) in [6, 6.07) is 5.82. The Hall–Kier alpha value is -0.580. The van der Waals surface area contributed by atoms with E-state index < -0.39 is 0 Å². The van der Waals surface area contributed by atoms with Crippen LogP contribution in [0.25, 0.3) is 0 Å². The summed E-state index contributed by atoms with van der Waals surface area (Å²) in [7, 11) is 2.20. The Morgan fingerprint density at radius 3 is 3.15 bits per heavy atom. The van der Waals surface area contributed by atoms with Crippen LogP contribution in [-0.2, 0) is 0 Å². The number of fused-ring (bicyclic) bond motifs is 1. The van der Waals surface area contributed by atoms with E-state index in [0.29, 0.717) is 6.04 Å². The molecule has 20 heavy (non-hydrogen) atoms. The van der Waals surface area contributed by atoms with Crippen LogP contribution in [0.5, 0.6) is 0 Å². The summed E-state index contributed by atoms with van der Waals surface area (Å²) in [5.41, 5.74) is 1.16. The number of likely N-dealkylation sites (tertiary alicyclic amines) is 1. The lowest BCUT2D eigenvalue weighted by molar-refractivity contribution is 0.202. The van der Waals surface area contributed by atoms with Crippen LogP contribution < -0.4 is 5.32 Å². The Morgan fingerprint density at radius 1 is 1.40 bits per heavy atom. The molecule has 1 aromatic rings. The molecule has 2 aliphatic heterocycles. The molecule has 1 fully saturated rings. The summed E-state index contributed by atoms with van der Waals surface area (Å²) in [5.74, 6) is 1.69. The molecule has 2 aliphatic rings. The lowest BCUT2D eigenvalue weighted by Crippen LogP contribution is -2.38. The van der Waals surface area contributed by atoms with Crippen LogP contribution in [0.4, 0.5) is 4.39 Å². The molecular weight excluding hydrogens is 271 g/mol. The highest BCUT2D eigenvalue weighted by atomic mass is 32.2. The number of rotatable bonds is 3. The summed E-state index contributed by atoms with van der Waals surface area (Å²) < 4.78 is 13.8. The molecule has 0 aliphatic carbocycles. The first-order valence-electron chi connectivity index (χ1n) is 7.57. The third kappa shape index (κ3) is 3.18. The molecule has 2 heterocycles. The molecular formula is C16H23FN2S. The average molecular weight is 294 g/mol. The zero-order chi connectivity index (χ0) is 13.9. The molecule has 1 aromatic carbocycles. The van der Waals surface area contributed by atoms with Gasteiger partial charge in [0.05, 0.1) is 0 Å². The molecule has 110 valence electrons. The summed E-state index contributed by atoms with van der Waals surface area (Å²) in [6.07, 6.45) is 3.72. The minimum Gasteiger partial charge on any atom is -0.310 e. The number of hydrogen-bond acceptors (Lipinski definition) is 3. The summed E-state index contributed by atoms with van der Waals surface area (Å²) in [4.78, 5) is 3.28. The molecule has 0 aromatic heterocycles. The van der Waals surface area contributed by atoms with Gasteiger partial charge in [-0.25, -0.2) is 4.39 Å². The monoisotopic (exact) mass is 294 g/mol. The lowest BCUT2D eigenvalue weighted by atomic mass is 9.97. The van der Waals surface area contributed by atoms with E-state index in [-0.39, 0.29) is 5.82 Å². The van der Waals surface area contributed by atoms with Crippen molar-refractivity contribution >= 4 is 11.8 Å². The van der Waals surface area contributed by atoms with Crippen molar-refractivity contribution in [2.75, 3.05) is 32.4 Å². The minimum atomic E-state index is -0.0589. The Labute approximate surface area is 125 Å². The Morgan fingerprint density at radius 2 is 2.30 bits per heavy atom. The number of halogens is 1. The quantitative estimate of drug-likeness (QED) is 0.921. The van der Waals surface area contributed by atoms with Crippen LogP contribution in [0.15, 0.2) is 23.1 Å². The second-order valence-electron chi connectivity index (χ2n) is 6.03. The van der Waals surface area contributed by atoms with Crippen LogP contribution in [0.2, 0.25) is 0 Å². The zero-order valence-electron chi connectivity index (χ0n) is 12.1. The molecule has 2 unspecified atom stereocenters. The predicted molar refractivity (Wildman–Crippen MR) is 82.7 cm³/mol. The van der Waals surface area contributed by atoms with Gasteiger partial charge < -0.3 is 10.2 Å². The maximum absolute atomic E-state index is 13.8. The molecule has 3 rings (SSSR count). The van der Waals surface area contributed by atoms with Gasteiger partial charge in [0.1, 0.15) is 5.82 Å². The first-order valence-corrected chi connectivity index (χ1v) is 8.55. The molecule has 1 saturated heterocycles. The van der Waals surface area contributed by atoms with Gasteiger partial charge in [0, 0.05) is 17.5 Å². The van der Waals surface area contributed by atoms with Crippen LogP contribution in [0.1, 0.15) is 30.9 Å². The van der Waals surface area contributed by atoms with Gasteiger partial charge in [0.2, 0.25) is 0 Å². The number of nitrogens with one attached hydrogen (secondary N) is 1. The van der Waals surface area contributed by atoms with E-state index in [9.17, 15) is 4.39 Å². The lowest BCUT2D eigenvalue weighted by Gasteiger charge is -2.32. The zero-order valence-corrected chi connectivity index (χ0v) is 12.9. The summed E-state index contributed by atoms with van der Waals surface area (Å²) >= 11 is 1.66. The fraction of sp³-hybridized carbons (Fsp3) is 0.625. The van der Waals surface area contributed by atoms with E-state index in [1.807, 2.05) is 6.07 Å². The minimum absolute atomic E-state index is 0.0589. The predicted octanol–water partition coefficient (Wildman–Crippen LogP) is 3.29. The number of hydrogen-bond donors (Lipinski definition) is 1. The Bertz CT molecular complexity index is 466. The number of piperidine rings is 1. The highest BCUT2D eigenvalue weighted by Crippen LogP contribution is 2.37. The molecule has 0 radical (unpaired) electrons. The molecule has 4 heteroatoms. The van der Waals surface area contributed by atoms with E-state index in [4.69, 9.17) is 0 Å². The van der Waals surface area contributed by atoms with E-state index in [1.165, 1.54) is 25.9 Å². The largest absolute Gasteiger partial charge is 0.310 e. The van der Waals surface area contributed by atoms with Gasteiger partial charge >= 0.3 is 0 Å². The fourth-order valence-electron chi connectivity index (χ4n) is 3.35. The maximum Gasteiger partial charge on any atom is 0.137 e. The number of thioether (sulfide) groups is 1. The van der Waals surface area contributed by atoms with Crippen molar-refractivity contribution in [3.8, 4) is 0 Å². The van der Waals surface area contributed by atoms with Gasteiger partial charge in [-0.2, -0.15) is 0 Å². The first kappa shape index (κ1) is 14.4. The van der Waals surface area contributed by atoms with Gasteiger partial charge in [-0.15, -0.1) is 11.8 Å². The van der Waals surface area contributed by atoms with Gasteiger partial charge in [-0.3, -0.25) is 0 Å². The molecule has 1 N–H and O–H groups in total. The van der Waals surface area contributed by atoms with Crippen molar-refractivity contribution in [2.24, 2.45) is 5.92 Å². The Kier molecular flexibility index (Phi) is 4.64. The van der Waals surface area contributed by atoms with Crippen LogP contribution >= 0.6 is 11.8 Å².